The van der Waals surface area contributed by atoms with Gasteiger partial charge < -0.3 is 14.8 Å². The molecular formula is C19H29NO2. The highest BCUT2D eigenvalue weighted by atomic mass is 16.5. The molecule has 1 aromatic rings. The molecule has 3 nitrogen and oxygen atoms in total. The zero-order chi connectivity index (χ0) is 16.4. The number of ether oxygens (including phenoxy) is 2. The maximum Gasteiger partial charge on any atom is 0.119 e. The minimum Gasteiger partial charge on any atom is -0.497 e. The van der Waals surface area contributed by atoms with Crippen LogP contribution in [0.1, 0.15) is 20.8 Å². The van der Waals surface area contributed by atoms with Crippen LogP contribution < -0.4 is 14.8 Å². The highest BCUT2D eigenvalue weighted by molar-refractivity contribution is 5.31. The standard InChI is InChI=1S/C19H29NO2/c1-6-7-8-15(2)16(3)17(13-20-4)14-22-19-11-9-18(21-5)10-12-19/h6-12,16-17,20H,13-14H2,1-5H3/b7-6-,15-8+. The van der Waals surface area contributed by atoms with Crippen LogP contribution in [0.3, 0.4) is 0 Å². The lowest BCUT2D eigenvalue weighted by Crippen LogP contribution is -2.30. The Bertz CT molecular complexity index is 477. The van der Waals surface area contributed by atoms with Crippen LogP contribution in [0.5, 0.6) is 11.5 Å². The summed E-state index contributed by atoms with van der Waals surface area (Å²) in [5.74, 6) is 2.61. The first-order chi connectivity index (χ1) is 10.6. The molecule has 0 aliphatic carbocycles. The second kappa shape index (κ2) is 10.1. The molecule has 0 saturated carbocycles. The lowest BCUT2D eigenvalue weighted by atomic mass is 9.88. The van der Waals surface area contributed by atoms with Crippen LogP contribution in [-0.2, 0) is 0 Å². The predicted molar refractivity (Wildman–Crippen MR) is 93.6 cm³/mol. The van der Waals surface area contributed by atoms with Crippen molar-refractivity contribution in [3.05, 3.63) is 48.1 Å². The fraction of sp³-hybridized carbons (Fsp3) is 0.474. The normalized spacial score (nSPS) is 14.9. The van der Waals surface area contributed by atoms with E-state index in [0.717, 1.165) is 18.0 Å². The van der Waals surface area contributed by atoms with E-state index in [2.05, 4.69) is 37.4 Å². The van der Waals surface area contributed by atoms with Crippen LogP contribution in [0.4, 0.5) is 0 Å². The van der Waals surface area contributed by atoms with E-state index in [4.69, 9.17) is 9.47 Å². The molecule has 0 aromatic heterocycles. The third-order valence-corrected chi connectivity index (χ3v) is 3.97. The summed E-state index contributed by atoms with van der Waals surface area (Å²) < 4.78 is 11.1. The first-order valence-electron chi connectivity index (χ1n) is 7.83. The summed E-state index contributed by atoms with van der Waals surface area (Å²) in [5.41, 5.74) is 1.37. The molecule has 1 N–H and O–H groups in total. The van der Waals surface area contributed by atoms with E-state index < -0.39 is 0 Å². The van der Waals surface area contributed by atoms with E-state index >= 15 is 0 Å². The van der Waals surface area contributed by atoms with Crippen molar-refractivity contribution in [2.75, 3.05) is 27.3 Å². The molecule has 22 heavy (non-hydrogen) atoms. The number of nitrogens with one attached hydrogen (secondary N) is 1. The van der Waals surface area contributed by atoms with Crippen molar-refractivity contribution in [2.45, 2.75) is 20.8 Å². The summed E-state index contributed by atoms with van der Waals surface area (Å²) in [6, 6.07) is 7.73. The molecule has 0 aliphatic heterocycles. The fourth-order valence-electron chi connectivity index (χ4n) is 2.29. The van der Waals surface area contributed by atoms with Crippen LogP contribution in [0.25, 0.3) is 0 Å². The number of rotatable bonds is 9. The third-order valence-electron chi connectivity index (χ3n) is 3.97. The van der Waals surface area contributed by atoms with Crippen LogP contribution in [0.2, 0.25) is 0 Å². The van der Waals surface area contributed by atoms with Crippen molar-refractivity contribution < 1.29 is 9.47 Å². The van der Waals surface area contributed by atoms with E-state index in [1.807, 2.05) is 38.2 Å². The Morgan fingerprint density at radius 2 is 1.86 bits per heavy atom. The first-order valence-corrected chi connectivity index (χ1v) is 7.83. The summed E-state index contributed by atoms with van der Waals surface area (Å²) in [5, 5.41) is 3.27. The number of hydrogen-bond donors (Lipinski definition) is 1. The minimum absolute atomic E-state index is 0.425. The molecule has 0 aliphatic rings. The van der Waals surface area contributed by atoms with Crippen LogP contribution in [0.15, 0.2) is 48.1 Å². The van der Waals surface area contributed by atoms with Gasteiger partial charge in [0.2, 0.25) is 0 Å². The number of benzene rings is 1. The number of methoxy groups -OCH3 is 1. The molecule has 3 heteroatoms. The smallest absolute Gasteiger partial charge is 0.119 e. The third kappa shape index (κ3) is 5.94. The van der Waals surface area contributed by atoms with Gasteiger partial charge in [0.25, 0.3) is 0 Å². The molecule has 0 fully saturated rings. The number of hydrogen-bond acceptors (Lipinski definition) is 3. The lowest BCUT2D eigenvalue weighted by molar-refractivity contribution is 0.213. The minimum atomic E-state index is 0.425. The van der Waals surface area contributed by atoms with Gasteiger partial charge in [-0.25, -0.2) is 0 Å². The molecule has 2 atom stereocenters. The van der Waals surface area contributed by atoms with Crippen molar-refractivity contribution in [1.82, 2.24) is 5.32 Å². The molecule has 0 heterocycles. The van der Waals surface area contributed by atoms with Gasteiger partial charge >= 0.3 is 0 Å². The van der Waals surface area contributed by atoms with Crippen molar-refractivity contribution in [1.29, 1.82) is 0 Å². The summed E-state index contributed by atoms with van der Waals surface area (Å²) in [6.45, 7) is 8.09. The van der Waals surface area contributed by atoms with Gasteiger partial charge in [0.15, 0.2) is 0 Å². The average molecular weight is 303 g/mol. The second-order valence-electron chi connectivity index (χ2n) is 5.53. The highest BCUT2D eigenvalue weighted by Gasteiger charge is 2.18. The maximum absolute atomic E-state index is 5.96. The van der Waals surface area contributed by atoms with Gasteiger partial charge in [0.05, 0.1) is 13.7 Å². The molecule has 1 aromatic carbocycles. The topological polar surface area (TPSA) is 30.5 Å². The molecule has 0 spiro atoms. The molecule has 0 amide bonds. The Morgan fingerprint density at radius 3 is 2.41 bits per heavy atom. The average Bonchev–Trinajstić information content (AvgIpc) is 2.56. The summed E-state index contributed by atoms with van der Waals surface area (Å²) in [4.78, 5) is 0. The molecule has 0 saturated heterocycles. The van der Waals surface area contributed by atoms with Gasteiger partial charge in [-0.2, -0.15) is 0 Å². The van der Waals surface area contributed by atoms with Gasteiger partial charge in [-0.05, 0) is 51.1 Å². The van der Waals surface area contributed by atoms with E-state index in [9.17, 15) is 0 Å². The molecule has 1 rings (SSSR count). The second-order valence-corrected chi connectivity index (χ2v) is 5.53. The molecule has 122 valence electrons. The Balaban J connectivity index is 2.66. The highest BCUT2D eigenvalue weighted by Crippen LogP contribution is 2.23. The quantitative estimate of drug-likeness (QED) is 0.698. The van der Waals surface area contributed by atoms with Gasteiger partial charge in [-0.15, -0.1) is 0 Å². The predicted octanol–water partition coefficient (Wildman–Crippen LogP) is 4.07. The SMILES string of the molecule is C/C=C\C=C(/C)C(C)C(CNC)COc1ccc(OC)cc1. The zero-order valence-corrected chi connectivity index (χ0v) is 14.4. The Morgan fingerprint density at radius 1 is 1.23 bits per heavy atom. The van der Waals surface area contributed by atoms with Crippen molar-refractivity contribution in [3.63, 3.8) is 0 Å². The molecular weight excluding hydrogens is 274 g/mol. The van der Waals surface area contributed by atoms with E-state index in [-0.39, 0.29) is 0 Å². The Kier molecular flexibility index (Phi) is 8.38. The van der Waals surface area contributed by atoms with E-state index in [1.54, 1.807) is 7.11 Å². The fourth-order valence-corrected chi connectivity index (χ4v) is 2.29. The lowest BCUT2D eigenvalue weighted by Gasteiger charge is -2.25. The monoisotopic (exact) mass is 303 g/mol. The summed E-state index contributed by atoms with van der Waals surface area (Å²) in [7, 11) is 3.65. The van der Waals surface area contributed by atoms with Gasteiger partial charge in [0, 0.05) is 12.5 Å². The van der Waals surface area contributed by atoms with E-state index in [0.29, 0.717) is 18.4 Å². The van der Waals surface area contributed by atoms with E-state index in [1.165, 1.54) is 5.57 Å². The molecule has 2 unspecified atom stereocenters. The van der Waals surface area contributed by atoms with Crippen LogP contribution in [0, 0.1) is 11.8 Å². The first kappa shape index (κ1) is 18.3. The van der Waals surface area contributed by atoms with Crippen molar-refractivity contribution in [2.24, 2.45) is 11.8 Å². The number of allylic oxidation sites excluding steroid dienone is 4. The Labute approximate surface area is 135 Å². The van der Waals surface area contributed by atoms with Gasteiger partial charge in [0.1, 0.15) is 11.5 Å². The van der Waals surface area contributed by atoms with Gasteiger partial charge in [-0.1, -0.05) is 30.7 Å². The molecule has 0 radical (unpaired) electrons. The summed E-state index contributed by atoms with van der Waals surface area (Å²) in [6.07, 6.45) is 6.32. The zero-order valence-electron chi connectivity index (χ0n) is 14.4. The maximum atomic E-state index is 5.96. The summed E-state index contributed by atoms with van der Waals surface area (Å²) >= 11 is 0. The van der Waals surface area contributed by atoms with Crippen molar-refractivity contribution >= 4 is 0 Å². The van der Waals surface area contributed by atoms with Crippen molar-refractivity contribution in [3.8, 4) is 11.5 Å². The van der Waals surface area contributed by atoms with Gasteiger partial charge in [-0.3, -0.25) is 0 Å². The largest absolute Gasteiger partial charge is 0.497 e. The van der Waals surface area contributed by atoms with Crippen LogP contribution in [-0.4, -0.2) is 27.3 Å². The molecule has 0 bridgehead atoms. The van der Waals surface area contributed by atoms with Crippen LogP contribution >= 0.6 is 0 Å². The Hall–Kier alpha value is -1.74.